The van der Waals surface area contributed by atoms with Crippen LogP contribution in [0, 0.1) is 0 Å². The smallest absolute Gasteiger partial charge is 0.462 e. The molecule has 0 spiro atoms. The van der Waals surface area contributed by atoms with E-state index in [1.54, 1.807) is 0 Å². The Hall–Kier alpha value is -5.06. The van der Waals surface area contributed by atoms with E-state index in [-0.39, 0.29) is 25.7 Å². The quantitative estimate of drug-likeness (QED) is 0.0169. The van der Waals surface area contributed by atoms with E-state index < -0.39 is 97.5 Å². The van der Waals surface area contributed by atoms with Crippen molar-refractivity contribution < 1.29 is 80.2 Å². The highest BCUT2D eigenvalue weighted by Crippen LogP contribution is 2.45. The Bertz CT molecular complexity index is 2510. The highest BCUT2D eigenvalue weighted by molar-refractivity contribution is 7.47. The topological polar surface area (TPSA) is 237 Å². The zero-order chi connectivity index (χ0) is 74.6. The second-order valence-corrected chi connectivity index (χ2v) is 28.4. The lowest BCUT2D eigenvalue weighted by atomic mass is 10.1. The van der Waals surface area contributed by atoms with E-state index in [1.807, 2.05) is 0 Å². The van der Waals surface area contributed by atoms with Crippen molar-refractivity contribution in [3.05, 3.63) is 146 Å². The molecule has 0 saturated heterocycles. The summed E-state index contributed by atoms with van der Waals surface area (Å²) in [4.78, 5) is 72.9. The molecule has 5 unspecified atom stereocenters. The molecule has 0 bridgehead atoms. The van der Waals surface area contributed by atoms with Gasteiger partial charge in [-0.2, -0.15) is 0 Å². The summed E-state index contributed by atoms with van der Waals surface area (Å²) in [6.45, 7) is 4.44. The van der Waals surface area contributed by atoms with Gasteiger partial charge in [0.05, 0.1) is 26.4 Å². The molecule has 0 aromatic rings. The number of hydrogen-bond donors (Lipinski definition) is 3. The van der Waals surface area contributed by atoms with Crippen LogP contribution in [0.4, 0.5) is 0 Å². The van der Waals surface area contributed by atoms with Gasteiger partial charge >= 0.3 is 39.5 Å². The molecule has 3 N–H and O–H groups in total. The third-order valence-corrected chi connectivity index (χ3v) is 17.6. The van der Waals surface area contributed by atoms with Gasteiger partial charge in [0.1, 0.15) is 19.3 Å². The molecule has 19 heteroatoms. The molecule has 0 aromatic heterocycles. The van der Waals surface area contributed by atoms with Crippen LogP contribution in [0.2, 0.25) is 0 Å². The maximum Gasteiger partial charge on any atom is 0.472 e. The highest BCUT2D eigenvalue weighted by atomic mass is 31.2. The Labute approximate surface area is 617 Å². The summed E-state index contributed by atoms with van der Waals surface area (Å²) in [5.74, 6) is -2.25. The molecule has 102 heavy (non-hydrogen) atoms. The number of aliphatic hydroxyl groups is 1. The average molecular weight is 1470 g/mol. The summed E-state index contributed by atoms with van der Waals surface area (Å²) in [6, 6.07) is 0. The van der Waals surface area contributed by atoms with Crippen molar-refractivity contribution in [2.24, 2.45) is 0 Å². The van der Waals surface area contributed by atoms with Crippen molar-refractivity contribution in [2.45, 2.75) is 316 Å². The van der Waals surface area contributed by atoms with Crippen LogP contribution in [0.25, 0.3) is 0 Å². The van der Waals surface area contributed by atoms with Crippen LogP contribution in [0.15, 0.2) is 146 Å². The number of carbonyl (C=O) groups is 4. The van der Waals surface area contributed by atoms with Crippen LogP contribution in [-0.2, 0) is 65.4 Å². The zero-order valence-corrected chi connectivity index (χ0v) is 65.3. The third kappa shape index (κ3) is 73.3. The van der Waals surface area contributed by atoms with Crippen molar-refractivity contribution in [1.29, 1.82) is 0 Å². The summed E-state index contributed by atoms with van der Waals surface area (Å²) in [5, 5.41) is 10.6. The molecule has 0 aromatic carbocycles. The lowest BCUT2D eigenvalue weighted by Crippen LogP contribution is -2.30. The summed E-state index contributed by atoms with van der Waals surface area (Å²) < 4.78 is 68.5. The Morgan fingerprint density at radius 3 is 0.784 bits per heavy atom. The number of aliphatic hydroxyl groups excluding tert-OH is 1. The molecule has 5 atom stereocenters. The molecule has 582 valence electrons. The van der Waals surface area contributed by atoms with Crippen LogP contribution >= 0.6 is 15.6 Å². The molecule has 0 aliphatic carbocycles. The van der Waals surface area contributed by atoms with Gasteiger partial charge in [-0.15, -0.1) is 0 Å². The summed E-state index contributed by atoms with van der Waals surface area (Å²) >= 11 is 0. The van der Waals surface area contributed by atoms with Gasteiger partial charge in [-0.25, -0.2) is 9.13 Å². The van der Waals surface area contributed by atoms with E-state index in [2.05, 4.69) is 174 Å². The van der Waals surface area contributed by atoms with Gasteiger partial charge in [0, 0.05) is 25.7 Å². The first kappa shape index (κ1) is 96.9. The van der Waals surface area contributed by atoms with Gasteiger partial charge in [-0.05, 0) is 154 Å². The monoisotopic (exact) mass is 1470 g/mol. The molecule has 0 radical (unpaired) electrons. The van der Waals surface area contributed by atoms with E-state index in [9.17, 15) is 43.2 Å². The molecule has 0 heterocycles. The largest absolute Gasteiger partial charge is 0.472 e. The Kier molecular flexibility index (Phi) is 70.5. The lowest BCUT2D eigenvalue weighted by molar-refractivity contribution is -0.161. The Morgan fingerprint density at radius 1 is 0.284 bits per heavy atom. The zero-order valence-electron chi connectivity index (χ0n) is 63.5. The predicted molar refractivity (Wildman–Crippen MR) is 417 cm³/mol. The van der Waals surface area contributed by atoms with Crippen LogP contribution in [0.3, 0.4) is 0 Å². The molecular formula is C83H138O17P2. The molecule has 0 saturated carbocycles. The van der Waals surface area contributed by atoms with Gasteiger partial charge < -0.3 is 33.8 Å². The van der Waals surface area contributed by atoms with Gasteiger partial charge in [-0.1, -0.05) is 263 Å². The minimum Gasteiger partial charge on any atom is -0.462 e. The lowest BCUT2D eigenvalue weighted by Gasteiger charge is -2.21. The maximum atomic E-state index is 13.1. The number of rotatable bonds is 72. The minimum atomic E-state index is -4.99. The normalized spacial score (nSPS) is 14.7. The Balaban J connectivity index is 5.41. The van der Waals surface area contributed by atoms with Crippen molar-refractivity contribution in [2.75, 3.05) is 39.6 Å². The second-order valence-electron chi connectivity index (χ2n) is 25.5. The summed E-state index contributed by atoms with van der Waals surface area (Å²) in [6.07, 6.45) is 84.0. The summed E-state index contributed by atoms with van der Waals surface area (Å²) in [5.41, 5.74) is 0. The molecule has 0 aliphatic rings. The fraction of sp³-hybridized carbons (Fsp3) is 0.663. The molecular weight excluding hydrogens is 1330 g/mol. The molecule has 17 nitrogen and oxygen atoms in total. The maximum absolute atomic E-state index is 13.1. The Morgan fingerprint density at radius 2 is 0.510 bits per heavy atom. The summed E-state index contributed by atoms with van der Waals surface area (Å²) in [7, 11) is -9.98. The first-order chi connectivity index (χ1) is 49.7. The van der Waals surface area contributed by atoms with E-state index in [4.69, 9.17) is 37.0 Å². The number of ether oxygens (including phenoxy) is 4. The van der Waals surface area contributed by atoms with Crippen molar-refractivity contribution >= 4 is 39.5 Å². The molecule has 0 fully saturated rings. The SMILES string of the molecule is CC/C=C\C/C=C\C/C=C\C/C=C\CCCCCCCCC(=O)OCC(COP(=O)(O)OCC(O)COP(=O)(O)OCC(COC(=O)CCCCCCC/C=C\C/C=C\CCC)OC(=O)CCCCCCC/C=C\C/C=C\CCC)OC(=O)CCCCCC/C=C\C/C=C\C/C=C\C/C=C\CC. The predicted octanol–water partition coefficient (Wildman–Crippen LogP) is 22.7. The van der Waals surface area contributed by atoms with Crippen molar-refractivity contribution in [3.63, 3.8) is 0 Å². The first-order valence-corrected chi connectivity index (χ1v) is 42.1. The first-order valence-electron chi connectivity index (χ1n) is 39.1. The second kappa shape index (κ2) is 74.2. The molecule has 0 rings (SSSR count). The number of phosphoric acid groups is 2. The fourth-order valence-electron chi connectivity index (χ4n) is 9.87. The van der Waals surface area contributed by atoms with E-state index in [0.717, 1.165) is 218 Å². The van der Waals surface area contributed by atoms with E-state index in [1.165, 1.54) is 0 Å². The standard InChI is InChI=1S/C83H138O17P2/c1-5-9-13-17-21-25-29-33-35-37-38-40-41-45-48-52-56-60-64-68-81(86)94-74-79(100-83(88)70-66-62-58-54-50-46-42-39-36-34-30-26-22-18-14-10-6-2)76-98-102(91,92)96-72-77(84)71-95-101(89,90)97-75-78(99-82(87)69-65-61-57-53-49-44-32-28-24-20-16-12-8-4)73-93-80(85)67-63-59-55-51-47-43-31-27-23-19-15-11-7-3/h9-10,13-16,19-22,25-28,31-36,38,40,42,46,77-79,84H,5-8,11-12,17-18,23-24,29-30,37,39,41,43-45,47-76H2,1-4H3,(H,89,90)(H,91,92)/b13-9-,14-10-,19-15-,20-16-,25-21-,26-22-,31-27-,32-28-,35-33-,36-34-,40-38-,46-42-. The number of esters is 4. The molecule has 0 aliphatic heterocycles. The van der Waals surface area contributed by atoms with Gasteiger partial charge in [0.2, 0.25) is 0 Å². The van der Waals surface area contributed by atoms with Crippen molar-refractivity contribution in [1.82, 2.24) is 0 Å². The average Bonchev–Trinajstić information content (AvgIpc) is 0.923. The fourth-order valence-corrected chi connectivity index (χ4v) is 11.4. The number of hydrogen-bond acceptors (Lipinski definition) is 15. The number of carbonyl (C=O) groups excluding carboxylic acids is 4. The molecule has 0 amide bonds. The van der Waals surface area contributed by atoms with Crippen LogP contribution in [-0.4, -0.2) is 96.7 Å². The van der Waals surface area contributed by atoms with Crippen LogP contribution < -0.4 is 0 Å². The van der Waals surface area contributed by atoms with Crippen LogP contribution in [0.5, 0.6) is 0 Å². The van der Waals surface area contributed by atoms with E-state index in [0.29, 0.717) is 25.7 Å². The van der Waals surface area contributed by atoms with Crippen molar-refractivity contribution in [3.8, 4) is 0 Å². The number of phosphoric ester groups is 2. The van der Waals surface area contributed by atoms with Gasteiger partial charge in [0.15, 0.2) is 12.2 Å². The van der Waals surface area contributed by atoms with E-state index >= 15 is 0 Å². The van der Waals surface area contributed by atoms with Crippen LogP contribution in [0.1, 0.15) is 297 Å². The third-order valence-electron chi connectivity index (χ3n) is 15.7. The minimum absolute atomic E-state index is 0.0586. The highest BCUT2D eigenvalue weighted by Gasteiger charge is 2.30. The number of allylic oxidation sites excluding steroid dienone is 24. The number of unbranched alkanes of at least 4 members (excludes halogenated alkanes) is 22. The van der Waals surface area contributed by atoms with Gasteiger partial charge in [-0.3, -0.25) is 37.3 Å². The van der Waals surface area contributed by atoms with Gasteiger partial charge in [0.25, 0.3) is 0 Å².